The zero-order valence-corrected chi connectivity index (χ0v) is 14.9. The van der Waals surface area contributed by atoms with E-state index < -0.39 is 53.8 Å². The Morgan fingerprint density at radius 1 is 1.41 bits per heavy atom. The number of pyridine rings is 1. The second-order valence-electron chi connectivity index (χ2n) is 6.25. The Morgan fingerprint density at radius 2 is 2.14 bits per heavy atom. The number of anilines is 1. The summed E-state index contributed by atoms with van der Waals surface area (Å²) in [6, 6.07) is 2.75. The Hall–Kier alpha value is -3.65. The molecule has 3 rings (SSSR count). The van der Waals surface area contributed by atoms with Gasteiger partial charge in [-0.1, -0.05) is 0 Å². The van der Waals surface area contributed by atoms with E-state index in [0.717, 1.165) is 24.4 Å². The number of nitrogens with one attached hydrogen (secondary N) is 2. The molecule has 2 aromatic rings. The van der Waals surface area contributed by atoms with Crippen molar-refractivity contribution in [3.05, 3.63) is 58.7 Å². The molecule has 0 aliphatic carbocycles. The van der Waals surface area contributed by atoms with Crippen molar-refractivity contribution >= 4 is 17.6 Å². The summed E-state index contributed by atoms with van der Waals surface area (Å²) < 4.78 is 41.5. The standard InChI is InChI=1S/C18H14F3N5O3/c1-8(16-11(20)4-9(5-22)6-23-16)24-13(27)7-26-17(28)14-12(25-18(26)29)3-2-10(19)15(14)21/h2-4,6,8,17,28H,7H2,1H3,(H,24,27)(H,25,29)/t8-,17?/m1/s1. The zero-order chi connectivity index (χ0) is 21.3. The molecule has 1 aromatic heterocycles. The van der Waals surface area contributed by atoms with Crippen LogP contribution in [0.1, 0.15) is 36.0 Å². The molecular formula is C18H14F3N5O3. The normalized spacial score (nSPS) is 16.5. The molecule has 150 valence electrons. The molecule has 8 nitrogen and oxygen atoms in total. The number of aliphatic hydroxyl groups excluding tert-OH is 1. The Morgan fingerprint density at radius 3 is 2.79 bits per heavy atom. The maximum Gasteiger partial charge on any atom is 0.324 e. The predicted molar refractivity (Wildman–Crippen MR) is 92.5 cm³/mol. The minimum absolute atomic E-state index is 0.00538. The van der Waals surface area contributed by atoms with Gasteiger partial charge in [0.1, 0.15) is 18.4 Å². The Balaban J connectivity index is 1.74. The van der Waals surface area contributed by atoms with Gasteiger partial charge in [-0.05, 0) is 25.1 Å². The van der Waals surface area contributed by atoms with E-state index in [-0.39, 0.29) is 16.9 Å². The summed E-state index contributed by atoms with van der Waals surface area (Å²) in [5, 5.41) is 23.7. The quantitative estimate of drug-likeness (QED) is 0.720. The molecule has 29 heavy (non-hydrogen) atoms. The molecule has 2 atom stereocenters. The first kappa shape index (κ1) is 20.1. The third-order valence-corrected chi connectivity index (χ3v) is 4.29. The van der Waals surface area contributed by atoms with Crippen molar-refractivity contribution in [2.75, 3.05) is 11.9 Å². The summed E-state index contributed by atoms with van der Waals surface area (Å²) in [6.07, 6.45) is -0.766. The van der Waals surface area contributed by atoms with Crippen molar-refractivity contribution < 1.29 is 27.9 Å². The second-order valence-corrected chi connectivity index (χ2v) is 6.25. The number of carbonyl (C=O) groups is 2. The summed E-state index contributed by atoms with van der Waals surface area (Å²) in [5.74, 6) is -4.19. The van der Waals surface area contributed by atoms with Crippen LogP contribution in [0.25, 0.3) is 0 Å². The highest BCUT2D eigenvalue weighted by atomic mass is 19.2. The predicted octanol–water partition coefficient (Wildman–Crippen LogP) is 2.09. The van der Waals surface area contributed by atoms with Gasteiger partial charge in [0, 0.05) is 6.20 Å². The lowest BCUT2D eigenvalue weighted by molar-refractivity contribution is -0.124. The number of nitriles is 1. The number of hydrogen-bond acceptors (Lipinski definition) is 5. The van der Waals surface area contributed by atoms with Crippen LogP contribution in [0.3, 0.4) is 0 Å². The van der Waals surface area contributed by atoms with Crippen molar-refractivity contribution in [3.8, 4) is 6.07 Å². The van der Waals surface area contributed by atoms with Gasteiger partial charge in [0.15, 0.2) is 17.9 Å². The van der Waals surface area contributed by atoms with Gasteiger partial charge in [-0.2, -0.15) is 5.26 Å². The van der Waals surface area contributed by atoms with E-state index in [0.29, 0.717) is 4.90 Å². The molecule has 0 bridgehead atoms. The number of nitrogens with zero attached hydrogens (tertiary/aromatic N) is 3. The fraction of sp³-hybridized carbons (Fsp3) is 0.222. The van der Waals surface area contributed by atoms with E-state index in [2.05, 4.69) is 15.6 Å². The van der Waals surface area contributed by atoms with Gasteiger partial charge in [0.2, 0.25) is 5.91 Å². The number of urea groups is 1. The van der Waals surface area contributed by atoms with Gasteiger partial charge in [0.05, 0.1) is 28.6 Å². The Labute approximate surface area is 162 Å². The van der Waals surface area contributed by atoms with Crippen molar-refractivity contribution in [2.24, 2.45) is 0 Å². The molecule has 1 aliphatic rings. The monoisotopic (exact) mass is 405 g/mol. The number of fused-ring (bicyclic) bond motifs is 1. The first-order valence-electron chi connectivity index (χ1n) is 8.31. The Kier molecular flexibility index (Phi) is 5.38. The lowest BCUT2D eigenvalue weighted by Gasteiger charge is -2.34. The van der Waals surface area contributed by atoms with E-state index in [1.807, 2.05) is 0 Å². The molecule has 0 saturated heterocycles. The first-order chi connectivity index (χ1) is 13.7. The van der Waals surface area contributed by atoms with Crippen LogP contribution in [0.4, 0.5) is 23.7 Å². The molecular weight excluding hydrogens is 391 g/mol. The van der Waals surface area contributed by atoms with E-state index >= 15 is 0 Å². The minimum atomic E-state index is -1.90. The molecule has 0 saturated carbocycles. The van der Waals surface area contributed by atoms with Gasteiger partial charge >= 0.3 is 6.03 Å². The van der Waals surface area contributed by atoms with Crippen molar-refractivity contribution in [2.45, 2.75) is 19.2 Å². The van der Waals surface area contributed by atoms with Crippen LogP contribution in [0.2, 0.25) is 0 Å². The SMILES string of the molecule is C[C@@H](NC(=O)CN1C(=O)Nc2ccc(F)c(F)c2C1O)c1ncc(C#N)cc1F. The molecule has 3 N–H and O–H groups in total. The van der Waals surface area contributed by atoms with Crippen LogP contribution in [0.5, 0.6) is 0 Å². The first-order valence-corrected chi connectivity index (χ1v) is 8.31. The largest absolute Gasteiger partial charge is 0.369 e. The maximum atomic E-state index is 14.0. The average molecular weight is 405 g/mol. The highest BCUT2D eigenvalue weighted by Gasteiger charge is 2.35. The van der Waals surface area contributed by atoms with Crippen LogP contribution in [0, 0.1) is 28.8 Å². The van der Waals surface area contributed by atoms with Crippen molar-refractivity contribution in [3.63, 3.8) is 0 Å². The maximum absolute atomic E-state index is 14.0. The number of rotatable bonds is 4. The fourth-order valence-electron chi connectivity index (χ4n) is 2.88. The summed E-state index contributed by atoms with van der Waals surface area (Å²) in [4.78, 5) is 28.8. The molecule has 2 heterocycles. The number of carbonyl (C=O) groups excluding carboxylic acids is 2. The van der Waals surface area contributed by atoms with Crippen LogP contribution >= 0.6 is 0 Å². The van der Waals surface area contributed by atoms with Crippen molar-refractivity contribution in [1.29, 1.82) is 5.26 Å². The van der Waals surface area contributed by atoms with Gasteiger partial charge < -0.3 is 15.7 Å². The molecule has 1 unspecified atom stereocenters. The molecule has 1 aliphatic heterocycles. The number of aliphatic hydroxyl groups is 1. The molecule has 1 aromatic carbocycles. The van der Waals surface area contributed by atoms with Gasteiger partial charge in [-0.15, -0.1) is 0 Å². The lowest BCUT2D eigenvalue weighted by atomic mass is 10.1. The van der Waals surface area contributed by atoms with Crippen LogP contribution in [-0.2, 0) is 4.79 Å². The van der Waals surface area contributed by atoms with E-state index in [4.69, 9.17) is 5.26 Å². The molecule has 0 spiro atoms. The van der Waals surface area contributed by atoms with E-state index in [1.165, 1.54) is 6.92 Å². The number of benzene rings is 1. The van der Waals surface area contributed by atoms with Gasteiger partial charge in [0.25, 0.3) is 0 Å². The third kappa shape index (κ3) is 3.83. The summed E-state index contributed by atoms with van der Waals surface area (Å²) >= 11 is 0. The van der Waals surface area contributed by atoms with E-state index in [9.17, 15) is 27.9 Å². The van der Waals surface area contributed by atoms with Crippen LogP contribution < -0.4 is 10.6 Å². The number of amides is 3. The second kappa shape index (κ2) is 7.76. The van der Waals surface area contributed by atoms with Crippen molar-refractivity contribution in [1.82, 2.24) is 15.2 Å². The van der Waals surface area contributed by atoms with Gasteiger partial charge in [-0.3, -0.25) is 14.7 Å². The molecule has 3 amide bonds. The Bertz CT molecular complexity index is 1040. The van der Waals surface area contributed by atoms with Crippen LogP contribution in [0.15, 0.2) is 24.4 Å². The fourth-order valence-corrected chi connectivity index (χ4v) is 2.88. The van der Waals surface area contributed by atoms with E-state index in [1.54, 1.807) is 6.07 Å². The minimum Gasteiger partial charge on any atom is -0.369 e. The highest BCUT2D eigenvalue weighted by Crippen LogP contribution is 2.34. The zero-order valence-electron chi connectivity index (χ0n) is 14.9. The number of aromatic nitrogens is 1. The smallest absolute Gasteiger partial charge is 0.324 e. The third-order valence-electron chi connectivity index (χ3n) is 4.29. The average Bonchev–Trinajstić information content (AvgIpc) is 2.67. The topological polar surface area (TPSA) is 118 Å². The summed E-state index contributed by atoms with van der Waals surface area (Å²) in [5.41, 5.74) is -0.759. The summed E-state index contributed by atoms with van der Waals surface area (Å²) in [6.45, 7) is 0.705. The van der Waals surface area contributed by atoms with Gasteiger partial charge in [-0.25, -0.2) is 18.0 Å². The number of hydrogen-bond donors (Lipinski definition) is 3. The van der Waals surface area contributed by atoms with Crippen LogP contribution in [-0.4, -0.2) is 33.5 Å². The molecule has 0 fully saturated rings. The lowest BCUT2D eigenvalue weighted by Crippen LogP contribution is -2.48. The highest BCUT2D eigenvalue weighted by molar-refractivity contribution is 5.95. The summed E-state index contributed by atoms with van der Waals surface area (Å²) in [7, 11) is 0. The number of halogens is 3. The molecule has 0 radical (unpaired) electrons. The molecule has 11 heteroatoms.